The van der Waals surface area contributed by atoms with Gasteiger partial charge in [0.25, 0.3) is 0 Å². The third-order valence-corrected chi connectivity index (χ3v) is 7.33. The Hall–Kier alpha value is -1.76. The highest BCUT2D eigenvalue weighted by atomic mass is 32.1. The standard InChI is InChI=1S/C21H27N5S/c1-15-24-17-4-3-16(11-18(17)27-15)13-26(14-20-23-9-10-25(20)2)19-12-21(19)5-7-22-8-6-21/h3-4,9-11,19,22H,5-8,12-14H2,1-2H3. The fraction of sp³-hybridized carbons (Fsp3) is 0.524. The van der Waals surface area contributed by atoms with Crippen molar-refractivity contribution in [3.63, 3.8) is 0 Å². The lowest BCUT2D eigenvalue weighted by Gasteiger charge is -2.29. The van der Waals surface area contributed by atoms with Crippen LogP contribution in [0.5, 0.6) is 0 Å². The molecule has 1 unspecified atom stereocenters. The Morgan fingerprint density at radius 1 is 1.30 bits per heavy atom. The third-order valence-electron chi connectivity index (χ3n) is 6.40. The largest absolute Gasteiger partial charge is 0.337 e. The number of rotatable bonds is 5. The number of piperidine rings is 1. The van der Waals surface area contributed by atoms with Crippen LogP contribution in [-0.4, -0.2) is 38.6 Å². The average molecular weight is 382 g/mol. The number of fused-ring (bicyclic) bond motifs is 1. The van der Waals surface area contributed by atoms with Gasteiger partial charge in [-0.15, -0.1) is 11.3 Å². The van der Waals surface area contributed by atoms with Gasteiger partial charge in [-0.25, -0.2) is 9.97 Å². The van der Waals surface area contributed by atoms with E-state index in [-0.39, 0.29) is 0 Å². The predicted molar refractivity (Wildman–Crippen MR) is 110 cm³/mol. The number of nitrogens with zero attached hydrogens (tertiary/aromatic N) is 4. The number of nitrogens with one attached hydrogen (secondary N) is 1. The molecule has 2 fully saturated rings. The van der Waals surface area contributed by atoms with Crippen molar-refractivity contribution in [3.05, 3.63) is 47.0 Å². The molecule has 1 spiro atoms. The highest BCUT2D eigenvalue weighted by Crippen LogP contribution is 2.56. The molecule has 3 heterocycles. The van der Waals surface area contributed by atoms with Crippen molar-refractivity contribution < 1.29 is 0 Å². The van der Waals surface area contributed by atoms with Gasteiger partial charge >= 0.3 is 0 Å². The van der Waals surface area contributed by atoms with E-state index < -0.39 is 0 Å². The molecule has 142 valence electrons. The molecule has 1 aliphatic carbocycles. The molecule has 0 amide bonds. The first-order valence-electron chi connectivity index (χ1n) is 9.90. The third kappa shape index (κ3) is 3.30. The molecule has 2 aliphatic rings. The molecule has 1 atom stereocenters. The number of imidazole rings is 1. The summed E-state index contributed by atoms with van der Waals surface area (Å²) in [5, 5.41) is 4.67. The molecule has 5 nitrogen and oxygen atoms in total. The van der Waals surface area contributed by atoms with Gasteiger partial charge in [-0.05, 0) is 62.4 Å². The van der Waals surface area contributed by atoms with Crippen LogP contribution in [0.25, 0.3) is 10.2 Å². The Morgan fingerprint density at radius 2 is 2.15 bits per heavy atom. The van der Waals surface area contributed by atoms with E-state index in [1.54, 1.807) is 11.3 Å². The smallest absolute Gasteiger partial charge is 0.122 e. The zero-order valence-electron chi connectivity index (χ0n) is 16.1. The van der Waals surface area contributed by atoms with E-state index in [0.717, 1.165) is 29.4 Å². The van der Waals surface area contributed by atoms with E-state index in [4.69, 9.17) is 0 Å². The van der Waals surface area contributed by atoms with E-state index in [2.05, 4.69) is 56.9 Å². The van der Waals surface area contributed by atoms with Gasteiger partial charge in [0.2, 0.25) is 0 Å². The second-order valence-corrected chi connectivity index (χ2v) is 9.46. The van der Waals surface area contributed by atoms with Crippen molar-refractivity contribution in [2.24, 2.45) is 12.5 Å². The lowest BCUT2D eigenvalue weighted by Crippen LogP contribution is -2.36. The number of thiazole rings is 1. The number of aromatic nitrogens is 3. The van der Waals surface area contributed by atoms with Gasteiger partial charge < -0.3 is 9.88 Å². The number of hydrogen-bond acceptors (Lipinski definition) is 5. The molecule has 3 aromatic rings. The number of aryl methyl sites for hydroxylation is 2. The van der Waals surface area contributed by atoms with Crippen LogP contribution in [0.1, 0.15) is 35.7 Å². The second-order valence-electron chi connectivity index (χ2n) is 8.23. The number of hydrogen-bond donors (Lipinski definition) is 1. The minimum atomic E-state index is 0.529. The molecule has 1 aliphatic heterocycles. The van der Waals surface area contributed by atoms with Gasteiger partial charge in [0, 0.05) is 32.0 Å². The van der Waals surface area contributed by atoms with E-state index in [0.29, 0.717) is 11.5 Å². The Morgan fingerprint density at radius 3 is 2.93 bits per heavy atom. The summed E-state index contributed by atoms with van der Waals surface area (Å²) < 4.78 is 3.45. The van der Waals surface area contributed by atoms with Crippen LogP contribution >= 0.6 is 11.3 Å². The first-order valence-corrected chi connectivity index (χ1v) is 10.7. The van der Waals surface area contributed by atoms with E-state index in [9.17, 15) is 0 Å². The summed E-state index contributed by atoms with van der Waals surface area (Å²) in [5.74, 6) is 1.15. The maximum absolute atomic E-state index is 4.61. The van der Waals surface area contributed by atoms with Crippen LogP contribution in [0.2, 0.25) is 0 Å². The highest BCUT2D eigenvalue weighted by Gasteiger charge is 2.56. The van der Waals surface area contributed by atoms with Crippen LogP contribution in [-0.2, 0) is 20.1 Å². The topological polar surface area (TPSA) is 46.0 Å². The summed E-state index contributed by atoms with van der Waals surface area (Å²) in [6.07, 6.45) is 7.91. The van der Waals surface area contributed by atoms with Crippen molar-refractivity contribution >= 4 is 21.6 Å². The van der Waals surface area contributed by atoms with Crippen LogP contribution in [0.4, 0.5) is 0 Å². The van der Waals surface area contributed by atoms with Crippen molar-refractivity contribution in [2.75, 3.05) is 13.1 Å². The Kier molecular flexibility index (Phi) is 4.30. The fourth-order valence-corrected chi connectivity index (χ4v) is 5.62. The van der Waals surface area contributed by atoms with Gasteiger partial charge in [0.15, 0.2) is 0 Å². The van der Waals surface area contributed by atoms with E-state index in [1.807, 2.05) is 12.4 Å². The monoisotopic (exact) mass is 381 g/mol. The quantitative estimate of drug-likeness (QED) is 0.735. The molecular formula is C21H27N5S. The molecule has 27 heavy (non-hydrogen) atoms. The predicted octanol–water partition coefficient (Wildman–Crippen LogP) is 3.48. The van der Waals surface area contributed by atoms with Crippen molar-refractivity contribution in [1.29, 1.82) is 0 Å². The summed E-state index contributed by atoms with van der Waals surface area (Å²) in [7, 11) is 2.10. The van der Waals surface area contributed by atoms with Crippen molar-refractivity contribution in [1.82, 2.24) is 24.8 Å². The van der Waals surface area contributed by atoms with Crippen LogP contribution in [0.3, 0.4) is 0 Å². The molecule has 5 rings (SSSR count). The molecular weight excluding hydrogens is 354 g/mol. The molecule has 1 aromatic carbocycles. The first kappa shape index (κ1) is 17.3. The summed E-state index contributed by atoms with van der Waals surface area (Å²) in [4.78, 5) is 11.9. The molecule has 2 aromatic heterocycles. The van der Waals surface area contributed by atoms with Gasteiger partial charge in [0.1, 0.15) is 5.82 Å². The zero-order valence-corrected chi connectivity index (χ0v) is 16.9. The van der Waals surface area contributed by atoms with Crippen LogP contribution in [0, 0.1) is 12.3 Å². The maximum atomic E-state index is 4.61. The fourth-order valence-electron chi connectivity index (χ4n) is 4.73. The van der Waals surface area contributed by atoms with Crippen LogP contribution < -0.4 is 5.32 Å². The zero-order chi connectivity index (χ0) is 18.4. The minimum Gasteiger partial charge on any atom is -0.337 e. The van der Waals surface area contributed by atoms with Gasteiger partial charge in [-0.1, -0.05) is 6.07 Å². The Balaban J connectivity index is 1.41. The molecule has 1 saturated heterocycles. The molecule has 0 bridgehead atoms. The first-order chi connectivity index (χ1) is 13.1. The molecule has 6 heteroatoms. The molecule has 1 N–H and O–H groups in total. The van der Waals surface area contributed by atoms with E-state index >= 15 is 0 Å². The summed E-state index contributed by atoms with van der Waals surface area (Å²) in [5.41, 5.74) is 3.04. The van der Waals surface area contributed by atoms with Gasteiger partial charge in [-0.3, -0.25) is 4.90 Å². The number of benzene rings is 1. The lowest BCUT2D eigenvalue weighted by molar-refractivity contribution is 0.183. The maximum Gasteiger partial charge on any atom is 0.122 e. The average Bonchev–Trinajstić information content (AvgIpc) is 2.97. The lowest BCUT2D eigenvalue weighted by atomic mass is 9.93. The van der Waals surface area contributed by atoms with Crippen molar-refractivity contribution in [2.45, 2.75) is 45.3 Å². The SMILES string of the molecule is Cc1nc2ccc(CN(Cc3nccn3C)C3CC34CCNCC4)cc2s1. The Labute approximate surface area is 164 Å². The van der Waals surface area contributed by atoms with Crippen molar-refractivity contribution in [3.8, 4) is 0 Å². The summed E-state index contributed by atoms with van der Waals surface area (Å²) >= 11 is 1.79. The summed E-state index contributed by atoms with van der Waals surface area (Å²) in [6, 6.07) is 7.45. The van der Waals surface area contributed by atoms with Crippen LogP contribution in [0.15, 0.2) is 30.6 Å². The molecule has 1 saturated carbocycles. The molecule has 0 radical (unpaired) electrons. The minimum absolute atomic E-state index is 0.529. The normalized spacial score (nSPS) is 21.4. The second kappa shape index (κ2) is 6.69. The highest BCUT2D eigenvalue weighted by molar-refractivity contribution is 7.18. The van der Waals surface area contributed by atoms with Gasteiger partial charge in [0.05, 0.1) is 21.8 Å². The Bertz CT molecular complexity index is 953. The van der Waals surface area contributed by atoms with E-state index in [1.165, 1.54) is 42.6 Å². The van der Waals surface area contributed by atoms with Gasteiger partial charge in [-0.2, -0.15) is 0 Å². The summed E-state index contributed by atoms with van der Waals surface area (Å²) in [6.45, 7) is 6.32.